The van der Waals surface area contributed by atoms with Crippen molar-refractivity contribution in [2.75, 3.05) is 6.61 Å². The van der Waals surface area contributed by atoms with Crippen molar-refractivity contribution in [2.24, 2.45) is 0 Å². The zero-order chi connectivity index (χ0) is 13.8. The van der Waals surface area contributed by atoms with Crippen LogP contribution >= 0.6 is 27.5 Å². The molecule has 0 fully saturated rings. The molecule has 0 atom stereocenters. The molecule has 7 heteroatoms. The smallest absolute Gasteiger partial charge is 0.309 e. The summed E-state index contributed by atoms with van der Waals surface area (Å²) >= 11 is 8.85. The number of carbonyl (C=O) groups is 1. The minimum absolute atomic E-state index is 0.0884. The maximum atomic E-state index is 11.4. The number of hydrogen-bond donors (Lipinski definition) is 0. The van der Waals surface area contributed by atoms with E-state index in [1.54, 1.807) is 0 Å². The number of aromatic nitrogens is 2. The van der Waals surface area contributed by atoms with Gasteiger partial charge in [0.05, 0.1) is 10.9 Å². The van der Waals surface area contributed by atoms with Gasteiger partial charge in [0.25, 0.3) is 0 Å². The zero-order valence-corrected chi connectivity index (χ0v) is 12.7. The predicted octanol–water partition coefficient (Wildman–Crippen LogP) is 3.00. The molecule has 1 rings (SSSR count). The van der Waals surface area contributed by atoms with Crippen molar-refractivity contribution < 1.29 is 14.3 Å². The summed E-state index contributed by atoms with van der Waals surface area (Å²) in [6.45, 7) is 5.60. The Balaban J connectivity index is 2.42. The molecule has 1 aromatic heterocycles. The second-order valence-electron chi connectivity index (χ2n) is 4.48. The third-order valence-electron chi connectivity index (χ3n) is 1.65. The van der Waals surface area contributed by atoms with Crippen molar-refractivity contribution in [2.45, 2.75) is 32.8 Å². The molecular formula is C11H14BrClN2O3. The summed E-state index contributed by atoms with van der Waals surface area (Å²) in [4.78, 5) is 19.1. The maximum absolute atomic E-state index is 11.4. The van der Waals surface area contributed by atoms with Gasteiger partial charge in [0, 0.05) is 6.20 Å². The van der Waals surface area contributed by atoms with Crippen LogP contribution in [-0.2, 0) is 9.53 Å². The third-order valence-corrected chi connectivity index (χ3v) is 2.37. The average molecular weight is 338 g/mol. The average Bonchev–Trinajstić information content (AvgIpc) is 2.20. The summed E-state index contributed by atoms with van der Waals surface area (Å²) in [7, 11) is 0. The Bertz CT molecular complexity index is 435. The fourth-order valence-corrected chi connectivity index (χ4v) is 1.49. The molecular weight excluding hydrogens is 323 g/mol. The van der Waals surface area contributed by atoms with E-state index in [4.69, 9.17) is 21.1 Å². The number of halogens is 2. The van der Waals surface area contributed by atoms with E-state index in [9.17, 15) is 4.79 Å². The summed E-state index contributed by atoms with van der Waals surface area (Å²) in [6, 6.07) is 0. The molecule has 5 nitrogen and oxygen atoms in total. The van der Waals surface area contributed by atoms with Crippen molar-refractivity contribution >= 4 is 33.5 Å². The lowest BCUT2D eigenvalue weighted by Crippen LogP contribution is -2.24. The van der Waals surface area contributed by atoms with Gasteiger partial charge in [-0.1, -0.05) is 0 Å². The van der Waals surface area contributed by atoms with Crippen LogP contribution in [0, 0.1) is 0 Å². The fourth-order valence-electron chi connectivity index (χ4n) is 1.06. The van der Waals surface area contributed by atoms with E-state index < -0.39 is 5.60 Å². The van der Waals surface area contributed by atoms with Crippen LogP contribution in [0.2, 0.25) is 5.28 Å². The van der Waals surface area contributed by atoms with Crippen molar-refractivity contribution in [1.29, 1.82) is 0 Å². The van der Waals surface area contributed by atoms with Gasteiger partial charge in [0.1, 0.15) is 12.2 Å². The van der Waals surface area contributed by atoms with Crippen molar-refractivity contribution in [3.63, 3.8) is 0 Å². The number of rotatable bonds is 4. The summed E-state index contributed by atoms with van der Waals surface area (Å²) < 4.78 is 11.0. The third kappa shape index (κ3) is 5.64. The fraction of sp³-hybridized carbons (Fsp3) is 0.545. The van der Waals surface area contributed by atoms with Gasteiger partial charge in [-0.2, -0.15) is 4.98 Å². The molecule has 100 valence electrons. The highest BCUT2D eigenvalue weighted by Crippen LogP contribution is 2.22. The standard InChI is InChI=1S/C11H14BrClN2O3/c1-11(2,3)18-8(16)4-5-17-9-7(12)6-14-10(13)15-9/h6H,4-5H2,1-3H3. The second-order valence-corrected chi connectivity index (χ2v) is 5.67. The number of carbonyl (C=O) groups excluding carboxylic acids is 1. The molecule has 1 aromatic rings. The van der Waals surface area contributed by atoms with Gasteiger partial charge in [-0.15, -0.1) is 0 Å². The predicted molar refractivity (Wildman–Crippen MR) is 70.7 cm³/mol. The van der Waals surface area contributed by atoms with Crippen LogP contribution in [0.15, 0.2) is 10.7 Å². The van der Waals surface area contributed by atoms with Crippen LogP contribution in [0.4, 0.5) is 0 Å². The van der Waals surface area contributed by atoms with E-state index in [0.29, 0.717) is 10.4 Å². The van der Waals surface area contributed by atoms with Gasteiger partial charge in [-0.25, -0.2) is 4.98 Å². The summed E-state index contributed by atoms with van der Waals surface area (Å²) in [5, 5.41) is 0.0884. The van der Waals surface area contributed by atoms with Crippen LogP contribution < -0.4 is 4.74 Å². The molecule has 18 heavy (non-hydrogen) atoms. The van der Waals surface area contributed by atoms with E-state index in [0.717, 1.165) is 0 Å². The maximum Gasteiger partial charge on any atom is 0.309 e. The first-order valence-electron chi connectivity index (χ1n) is 5.30. The van der Waals surface area contributed by atoms with Crippen LogP contribution in [0.25, 0.3) is 0 Å². The van der Waals surface area contributed by atoms with Gasteiger partial charge >= 0.3 is 5.97 Å². The Labute approximate surface area is 119 Å². The van der Waals surface area contributed by atoms with Gasteiger partial charge in [0.2, 0.25) is 11.2 Å². The molecule has 0 aliphatic heterocycles. The number of esters is 1. The van der Waals surface area contributed by atoms with E-state index in [2.05, 4.69) is 25.9 Å². The summed E-state index contributed by atoms with van der Waals surface area (Å²) in [5.74, 6) is -0.0164. The Kier molecular flexibility index (Phi) is 5.34. The lowest BCUT2D eigenvalue weighted by atomic mass is 10.2. The van der Waals surface area contributed by atoms with Gasteiger partial charge in [-0.3, -0.25) is 4.79 Å². The van der Waals surface area contributed by atoms with Crippen molar-refractivity contribution in [3.8, 4) is 5.88 Å². The zero-order valence-electron chi connectivity index (χ0n) is 10.4. The van der Waals surface area contributed by atoms with Crippen LogP contribution in [0.5, 0.6) is 5.88 Å². The van der Waals surface area contributed by atoms with E-state index in [-0.39, 0.29) is 24.3 Å². The molecule has 0 saturated carbocycles. The lowest BCUT2D eigenvalue weighted by molar-refractivity contribution is -0.155. The van der Waals surface area contributed by atoms with Gasteiger partial charge < -0.3 is 9.47 Å². The number of nitrogens with zero attached hydrogens (tertiary/aromatic N) is 2. The molecule has 0 spiro atoms. The number of hydrogen-bond acceptors (Lipinski definition) is 5. The van der Waals surface area contributed by atoms with Crippen LogP contribution in [0.1, 0.15) is 27.2 Å². The molecule has 0 N–H and O–H groups in total. The van der Waals surface area contributed by atoms with Gasteiger partial charge in [0.15, 0.2) is 0 Å². The second kappa shape index (κ2) is 6.33. The molecule has 0 aliphatic carbocycles. The Morgan fingerprint density at radius 1 is 1.50 bits per heavy atom. The summed E-state index contributed by atoms with van der Waals surface area (Å²) in [6.07, 6.45) is 1.63. The summed E-state index contributed by atoms with van der Waals surface area (Å²) in [5.41, 5.74) is -0.490. The molecule has 0 unspecified atom stereocenters. The van der Waals surface area contributed by atoms with E-state index >= 15 is 0 Å². The first kappa shape index (κ1) is 15.2. The van der Waals surface area contributed by atoms with Gasteiger partial charge in [-0.05, 0) is 48.3 Å². The SMILES string of the molecule is CC(C)(C)OC(=O)CCOc1nc(Cl)ncc1Br. The minimum atomic E-state index is -0.490. The topological polar surface area (TPSA) is 61.3 Å². The first-order chi connectivity index (χ1) is 8.28. The minimum Gasteiger partial charge on any atom is -0.476 e. The molecule has 1 heterocycles. The molecule has 0 radical (unpaired) electrons. The Morgan fingerprint density at radius 2 is 2.17 bits per heavy atom. The molecule has 0 aliphatic rings. The van der Waals surface area contributed by atoms with Crippen LogP contribution in [0.3, 0.4) is 0 Å². The number of ether oxygens (including phenoxy) is 2. The highest BCUT2D eigenvalue weighted by Gasteiger charge is 2.16. The first-order valence-corrected chi connectivity index (χ1v) is 6.48. The molecule has 0 amide bonds. The highest BCUT2D eigenvalue weighted by molar-refractivity contribution is 9.10. The van der Waals surface area contributed by atoms with Crippen molar-refractivity contribution in [3.05, 3.63) is 16.0 Å². The quantitative estimate of drug-likeness (QED) is 0.624. The molecule has 0 aromatic carbocycles. The van der Waals surface area contributed by atoms with E-state index in [1.165, 1.54) is 6.20 Å². The molecule has 0 saturated heterocycles. The van der Waals surface area contributed by atoms with Crippen molar-refractivity contribution in [1.82, 2.24) is 9.97 Å². The normalized spacial score (nSPS) is 11.2. The highest BCUT2D eigenvalue weighted by atomic mass is 79.9. The Hall–Kier alpha value is -0.880. The lowest BCUT2D eigenvalue weighted by Gasteiger charge is -2.19. The van der Waals surface area contributed by atoms with Crippen LogP contribution in [-0.4, -0.2) is 28.1 Å². The Morgan fingerprint density at radius 3 is 2.78 bits per heavy atom. The molecule has 0 bridgehead atoms. The van der Waals surface area contributed by atoms with E-state index in [1.807, 2.05) is 20.8 Å². The largest absolute Gasteiger partial charge is 0.476 e. The monoisotopic (exact) mass is 336 g/mol.